The van der Waals surface area contributed by atoms with Gasteiger partial charge in [-0.25, -0.2) is 0 Å². The number of carbonyl (C=O) groups excluding carboxylic acids is 1. The van der Waals surface area contributed by atoms with Crippen LogP contribution in [-0.2, 0) is 16.1 Å². The molecule has 0 saturated heterocycles. The monoisotopic (exact) mass is 260 g/mol. The molecule has 0 radical (unpaired) electrons. The van der Waals surface area contributed by atoms with Crippen LogP contribution >= 0.6 is 0 Å². The Bertz CT molecular complexity index is 523. The van der Waals surface area contributed by atoms with Crippen molar-refractivity contribution in [2.75, 3.05) is 24.4 Å². The number of benzene rings is 1. The van der Waals surface area contributed by atoms with Crippen LogP contribution in [0.3, 0.4) is 0 Å². The van der Waals surface area contributed by atoms with Crippen LogP contribution in [0.5, 0.6) is 0 Å². The molecule has 100 valence electrons. The Labute approximate surface area is 111 Å². The molecule has 1 heterocycles. The molecular formula is C14H16N2O3. The molecule has 0 unspecified atom stereocenters. The number of carbonyl (C=O) groups is 1. The second-order valence-electron chi connectivity index (χ2n) is 4.05. The van der Waals surface area contributed by atoms with Gasteiger partial charge in [0.15, 0.2) is 0 Å². The summed E-state index contributed by atoms with van der Waals surface area (Å²) in [7, 11) is 1.49. The van der Waals surface area contributed by atoms with Gasteiger partial charge in [-0.3, -0.25) is 4.79 Å². The summed E-state index contributed by atoms with van der Waals surface area (Å²) >= 11 is 0. The largest absolute Gasteiger partial charge is 0.472 e. The SMILES string of the molecule is COCC(=O)Nc1cccc(NCc2ccoc2)c1. The minimum atomic E-state index is -0.172. The van der Waals surface area contributed by atoms with Gasteiger partial charge in [0.2, 0.25) is 5.91 Å². The lowest BCUT2D eigenvalue weighted by Gasteiger charge is -2.08. The molecule has 19 heavy (non-hydrogen) atoms. The molecule has 1 amide bonds. The van der Waals surface area contributed by atoms with Crippen LogP contribution in [0, 0.1) is 0 Å². The van der Waals surface area contributed by atoms with Crippen molar-refractivity contribution in [3.05, 3.63) is 48.4 Å². The third-order valence-electron chi connectivity index (χ3n) is 2.50. The molecule has 2 aromatic rings. The average molecular weight is 260 g/mol. The molecule has 2 rings (SSSR count). The number of nitrogens with one attached hydrogen (secondary N) is 2. The fourth-order valence-corrected chi connectivity index (χ4v) is 1.63. The molecule has 1 aromatic carbocycles. The molecule has 1 aromatic heterocycles. The van der Waals surface area contributed by atoms with E-state index in [1.54, 1.807) is 12.5 Å². The number of hydrogen-bond acceptors (Lipinski definition) is 4. The Morgan fingerprint density at radius 2 is 2.16 bits per heavy atom. The van der Waals surface area contributed by atoms with Crippen LogP contribution in [0.1, 0.15) is 5.56 Å². The number of amides is 1. The van der Waals surface area contributed by atoms with Gasteiger partial charge in [0.1, 0.15) is 6.61 Å². The molecule has 0 spiro atoms. The van der Waals surface area contributed by atoms with Crippen molar-refractivity contribution in [3.63, 3.8) is 0 Å². The van der Waals surface area contributed by atoms with Gasteiger partial charge in [0.25, 0.3) is 0 Å². The van der Waals surface area contributed by atoms with Gasteiger partial charge in [-0.05, 0) is 24.3 Å². The zero-order valence-electron chi connectivity index (χ0n) is 10.7. The zero-order chi connectivity index (χ0) is 13.5. The van der Waals surface area contributed by atoms with Crippen molar-refractivity contribution in [2.24, 2.45) is 0 Å². The molecule has 0 atom stereocenters. The van der Waals surface area contributed by atoms with Crippen molar-refractivity contribution in [1.82, 2.24) is 0 Å². The number of methoxy groups -OCH3 is 1. The van der Waals surface area contributed by atoms with Crippen LogP contribution in [0.4, 0.5) is 11.4 Å². The third-order valence-corrected chi connectivity index (χ3v) is 2.50. The molecule has 0 fully saturated rings. The summed E-state index contributed by atoms with van der Waals surface area (Å²) in [5.41, 5.74) is 2.73. The highest BCUT2D eigenvalue weighted by atomic mass is 16.5. The van der Waals surface area contributed by atoms with Gasteiger partial charge in [-0.15, -0.1) is 0 Å². The molecule has 0 aliphatic rings. The summed E-state index contributed by atoms with van der Waals surface area (Å²) in [5, 5.41) is 6.00. The van der Waals surface area contributed by atoms with E-state index in [4.69, 9.17) is 9.15 Å². The van der Waals surface area contributed by atoms with Crippen LogP contribution < -0.4 is 10.6 Å². The second-order valence-corrected chi connectivity index (χ2v) is 4.05. The summed E-state index contributed by atoms with van der Waals surface area (Å²) in [5.74, 6) is -0.172. The smallest absolute Gasteiger partial charge is 0.250 e. The number of ether oxygens (including phenoxy) is 1. The summed E-state index contributed by atoms with van der Waals surface area (Å²) in [6.07, 6.45) is 3.33. The lowest BCUT2D eigenvalue weighted by atomic mass is 10.2. The Morgan fingerprint density at radius 3 is 2.89 bits per heavy atom. The van der Waals surface area contributed by atoms with E-state index >= 15 is 0 Å². The van der Waals surface area contributed by atoms with Gasteiger partial charge in [0.05, 0.1) is 12.5 Å². The Morgan fingerprint density at radius 1 is 1.32 bits per heavy atom. The number of furan rings is 1. The predicted molar refractivity (Wildman–Crippen MR) is 73.0 cm³/mol. The molecule has 0 bridgehead atoms. The Balaban J connectivity index is 1.93. The first-order valence-electron chi connectivity index (χ1n) is 5.92. The predicted octanol–water partition coefficient (Wildman–Crippen LogP) is 2.48. The van der Waals surface area contributed by atoms with Crippen LogP contribution in [0.25, 0.3) is 0 Å². The van der Waals surface area contributed by atoms with Gasteiger partial charge in [-0.1, -0.05) is 6.07 Å². The Kier molecular flexibility index (Phi) is 4.58. The quantitative estimate of drug-likeness (QED) is 0.837. The van der Waals surface area contributed by atoms with E-state index in [2.05, 4.69) is 10.6 Å². The lowest BCUT2D eigenvalue weighted by Crippen LogP contribution is -2.17. The van der Waals surface area contributed by atoms with Crippen LogP contribution in [0.15, 0.2) is 47.3 Å². The number of hydrogen-bond donors (Lipinski definition) is 2. The summed E-state index contributed by atoms with van der Waals surface area (Å²) in [4.78, 5) is 11.4. The maximum absolute atomic E-state index is 11.4. The summed E-state index contributed by atoms with van der Waals surface area (Å²) < 4.78 is 9.76. The molecule has 5 heteroatoms. The topological polar surface area (TPSA) is 63.5 Å². The van der Waals surface area contributed by atoms with Crippen molar-refractivity contribution in [3.8, 4) is 0 Å². The first kappa shape index (κ1) is 13.2. The van der Waals surface area contributed by atoms with E-state index < -0.39 is 0 Å². The molecule has 0 aliphatic carbocycles. The fraction of sp³-hybridized carbons (Fsp3) is 0.214. The van der Waals surface area contributed by atoms with Gasteiger partial charge in [0, 0.05) is 30.6 Å². The number of anilines is 2. The van der Waals surface area contributed by atoms with Crippen molar-refractivity contribution in [2.45, 2.75) is 6.54 Å². The summed E-state index contributed by atoms with van der Waals surface area (Å²) in [6, 6.07) is 9.41. The van der Waals surface area contributed by atoms with E-state index in [1.165, 1.54) is 7.11 Å². The van der Waals surface area contributed by atoms with Gasteiger partial charge < -0.3 is 19.8 Å². The first-order chi connectivity index (χ1) is 9.28. The van der Waals surface area contributed by atoms with Crippen LogP contribution in [-0.4, -0.2) is 19.6 Å². The highest BCUT2D eigenvalue weighted by molar-refractivity contribution is 5.92. The minimum Gasteiger partial charge on any atom is -0.472 e. The maximum Gasteiger partial charge on any atom is 0.250 e. The summed E-state index contributed by atoms with van der Waals surface area (Å²) in [6.45, 7) is 0.721. The standard InChI is InChI=1S/C14H16N2O3/c1-18-10-14(17)16-13-4-2-3-12(7-13)15-8-11-5-6-19-9-11/h2-7,9,15H,8,10H2,1H3,(H,16,17). The number of rotatable bonds is 6. The van der Waals surface area contributed by atoms with Crippen molar-refractivity contribution < 1.29 is 13.9 Å². The lowest BCUT2D eigenvalue weighted by molar-refractivity contribution is -0.119. The van der Waals surface area contributed by atoms with E-state index in [9.17, 15) is 4.79 Å². The second kappa shape index (κ2) is 6.61. The minimum absolute atomic E-state index is 0.0483. The zero-order valence-corrected chi connectivity index (χ0v) is 10.7. The fourth-order valence-electron chi connectivity index (χ4n) is 1.63. The first-order valence-corrected chi connectivity index (χ1v) is 5.92. The van der Waals surface area contributed by atoms with Crippen molar-refractivity contribution in [1.29, 1.82) is 0 Å². The highest BCUT2D eigenvalue weighted by Gasteiger charge is 2.02. The average Bonchev–Trinajstić information content (AvgIpc) is 2.90. The molecular weight excluding hydrogens is 244 g/mol. The molecule has 0 aliphatic heterocycles. The van der Waals surface area contributed by atoms with Crippen molar-refractivity contribution >= 4 is 17.3 Å². The van der Waals surface area contributed by atoms with Gasteiger partial charge >= 0.3 is 0 Å². The molecule has 2 N–H and O–H groups in total. The maximum atomic E-state index is 11.4. The van der Waals surface area contributed by atoms with E-state index in [0.717, 1.165) is 16.9 Å². The van der Waals surface area contributed by atoms with E-state index in [1.807, 2.05) is 30.3 Å². The van der Waals surface area contributed by atoms with E-state index in [0.29, 0.717) is 6.54 Å². The van der Waals surface area contributed by atoms with Gasteiger partial charge in [-0.2, -0.15) is 0 Å². The molecule has 0 saturated carbocycles. The van der Waals surface area contributed by atoms with Crippen LogP contribution in [0.2, 0.25) is 0 Å². The Hall–Kier alpha value is -2.27. The normalized spacial score (nSPS) is 10.2. The highest BCUT2D eigenvalue weighted by Crippen LogP contribution is 2.16. The molecule has 5 nitrogen and oxygen atoms in total. The third kappa shape index (κ3) is 4.15. The van der Waals surface area contributed by atoms with E-state index in [-0.39, 0.29) is 12.5 Å².